The summed E-state index contributed by atoms with van der Waals surface area (Å²) < 4.78 is 1.34. The highest BCUT2D eigenvalue weighted by Gasteiger charge is 2.44. The lowest BCUT2D eigenvalue weighted by Crippen LogP contribution is -2.30. The lowest BCUT2D eigenvalue weighted by molar-refractivity contribution is 0.378. The first-order chi connectivity index (χ1) is 11.1. The van der Waals surface area contributed by atoms with Crippen molar-refractivity contribution in [3.63, 3.8) is 0 Å². The fourth-order valence-electron chi connectivity index (χ4n) is 5.00. The number of allylic oxidation sites excluding steroid dienone is 2. The first-order valence-corrected chi connectivity index (χ1v) is 10.4. The molecule has 1 unspecified atom stereocenters. The maximum absolute atomic E-state index is 3.83. The van der Waals surface area contributed by atoms with Gasteiger partial charge in [-0.1, -0.05) is 73.0 Å². The van der Waals surface area contributed by atoms with Crippen molar-refractivity contribution in [2.24, 2.45) is 0 Å². The van der Waals surface area contributed by atoms with E-state index in [1.807, 2.05) is 0 Å². The third-order valence-corrected chi connectivity index (χ3v) is 7.15. The van der Waals surface area contributed by atoms with Crippen molar-refractivity contribution in [1.29, 1.82) is 0 Å². The predicted molar refractivity (Wildman–Crippen MR) is 105 cm³/mol. The van der Waals surface area contributed by atoms with E-state index in [1.54, 1.807) is 27.8 Å². The number of hydrogen-bond donors (Lipinski definition) is 0. The Hall–Kier alpha value is -0.560. The maximum atomic E-state index is 3.83. The molecule has 1 atom stereocenters. The fourth-order valence-corrected chi connectivity index (χ4v) is 5.53. The summed E-state index contributed by atoms with van der Waals surface area (Å²) >= 11 is 3.83. The molecule has 1 aromatic carbocycles. The van der Waals surface area contributed by atoms with Gasteiger partial charge < -0.3 is 0 Å². The van der Waals surface area contributed by atoms with Crippen LogP contribution in [0.15, 0.2) is 22.2 Å². The Balaban J connectivity index is 1.82. The Morgan fingerprint density at radius 2 is 1.78 bits per heavy atom. The van der Waals surface area contributed by atoms with Gasteiger partial charge in [0.15, 0.2) is 0 Å². The SMILES string of the molecule is CCCCCCCCC12CCCc3c(Br)ccc(c31)C(C)=C2C. The zero-order valence-corrected chi connectivity index (χ0v) is 16.7. The highest BCUT2D eigenvalue weighted by Crippen LogP contribution is 2.56. The number of unbranched alkanes of at least 4 members (excludes halogenated alkanes) is 5. The highest BCUT2D eigenvalue weighted by molar-refractivity contribution is 9.10. The lowest BCUT2D eigenvalue weighted by atomic mass is 9.65. The lowest BCUT2D eigenvalue weighted by Gasteiger charge is -2.38. The molecule has 0 saturated heterocycles. The van der Waals surface area contributed by atoms with Crippen LogP contribution in [0.1, 0.15) is 95.2 Å². The minimum absolute atomic E-state index is 0.363. The van der Waals surface area contributed by atoms with Crippen LogP contribution in [0.3, 0.4) is 0 Å². The monoisotopic (exact) mass is 374 g/mol. The van der Waals surface area contributed by atoms with Crippen LogP contribution < -0.4 is 0 Å². The predicted octanol–water partition coefficient (Wildman–Crippen LogP) is 7.58. The van der Waals surface area contributed by atoms with Crippen molar-refractivity contribution >= 4 is 21.5 Å². The van der Waals surface area contributed by atoms with E-state index in [-0.39, 0.29) is 0 Å². The number of hydrogen-bond acceptors (Lipinski definition) is 0. The van der Waals surface area contributed by atoms with E-state index in [1.165, 1.54) is 68.7 Å². The first kappa shape index (κ1) is 17.3. The molecule has 0 aliphatic heterocycles. The van der Waals surface area contributed by atoms with Crippen LogP contribution in [0.2, 0.25) is 0 Å². The minimum atomic E-state index is 0.363. The van der Waals surface area contributed by atoms with Gasteiger partial charge in [-0.2, -0.15) is 0 Å². The van der Waals surface area contributed by atoms with E-state index in [0.717, 1.165) is 0 Å². The van der Waals surface area contributed by atoms with Gasteiger partial charge in [0.1, 0.15) is 0 Å². The summed E-state index contributed by atoms with van der Waals surface area (Å²) in [4.78, 5) is 0. The Morgan fingerprint density at radius 3 is 2.57 bits per heavy atom. The van der Waals surface area contributed by atoms with Crippen LogP contribution in [-0.4, -0.2) is 0 Å². The van der Waals surface area contributed by atoms with Crippen molar-refractivity contribution < 1.29 is 0 Å². The van der Waals surface area contributed by atoms with Gasteiger partial charge in [0.25, 0.3) is 0 Å². The Bertz CT molecular complexity index is 611. The van der Waals surface area contributed by atoms with Crippen LogP contribution in [0.25, 0.3) is 5.57 Å². The molecular weight excluding hydrogens is 344 g/mol. The number of halogens is 1. The summed E-state index contributed by atoms with van der Waals surface area (Å²) in [6, 6.07) is 4.63. The third kappa shape index (κ3) is 2.95. The molecule has 0 saturated carbocycles. The molecule has 0 bridgehead atoms. The van der Waals surface area contributed by atoms with Crippen LogP contribution in [-0.2, 0) is 11.8 Å². The van der Waals surface area contributed by atoms with Crippen molar-refractivity contribution in [3.8, 4) is 0 Å². The maximum Gasteiger partial charge on any atom is 0.0210 e. The Labute approximate surface area is 150 Å². The van der Waals surface area contributed by atoms with Crippen LogP contribution in [0, 0.1) is 0 Å². The molecule has 1 heteroatoms. The summed E-state index contributed by atoms with van der Waals surface area (Å²) in [7, 11) is 0. The zero-order valence-electron chi connectivity index (χ0n) is 15.1. The average molecular weight is 375 g/mol. The smallest absolute Gasteiger partial charge is 0.0210 e. The summed E-state index contributed by atoms with van der Waals surface area (Å²) in [6.07, 6.45) is 13.7. The van der Waals surface area contributed by atoms with Gasteiger partial charge >= 0.3 is 0 Å². The highest BCUT2D eigenvalue weighted by atomic mass is 79.9. The van der Waals surface area contributed by atoms with Crippen LogP contribution in [0.4, 0.5) is 0 Å². The molecule has 1 aromatic rings. The molecule has 126 valence electrons. The largest absolute Gasteiger partial charge is 0.0654 e. The quantitative estimate of drug-likeness (QED) is 0.431. The van der Waals surface area contributed by atoms with Gasteiger partial charge in [0, 0.05) is 9.89 Å². The summed E-state index contributed by atoms with van der Waals surface area (Å²) in [5, 5.41) is 0. The molecule has 0 spiro atoms. The van der Waals surface area contributed by atoms with E-state index in [4.69, 9.17) is 0 Å². The minimum Gasteiger partial charge on any atom is -0.0654 e. The Kier molecular flexibility index (Phi) is 5.35. The number of rotatable bonds is 7. The van der Waals surface area contributed by atoms with Gasteiger partial charge in [0.2, 0.25) is 0 Å². The molecule has 0 heterocycles. The zero-order chi connectivity index (χ0) is 16.4. The molecule has 3 rings (SSSR count). The topological polar surface area (TPSA) is 0 Å². The van der Waals surface area contributed by atoms with Crippen molar-refractivity contribution in [2.75, 3.05) is 0 Å². The molecule has 0 N–H and O–H groups in total. The van der Waals surface area contributed by atoms with E-state index < -0.39 is 0 Å². The first-order valence-electron chi connectivity index (χ1n) is 9.62. The van der Waals surface area contributed by atoms with E-state index in [2.05, 4.69) is 48.8 Å². The second kappa shape index (κ2) is 7.13. The fraction of sp³-hybridized carbons (Fsp3) is 0.636. The van der Waals surface area contributed by atoms with E-state index >= 15 is 0 Å². The van der Waals surface area contributed by atoms with E-state index in [9.17, 15) is 0 Å². The molecular formula is C22H31Br. The van der Waals surface area contributed by atoms with Crippen LogP contribution >= 0.6 is 15.9 Å². The average Bonchev–Trinajstić information content (AvgIpc) is 2.77. The molecule has 0 aromatic heterocycles. The second-order valence-corrected chi connectivity index (χ2v) is 8.51. The molecule has 0 radical (unpaired) electrons. The van der Waals surface area contributed by atoms with Gasteiger partial charge in [-0.05, 0) is 67.9 Å². The van der Waals surface area contributed by atoms with Crippen molar-refractivity contribution in [1.82, 2.24) is 0 Å². The normalized spacial score (nSPS) is 22.6. The standard InChI is InChI=1S/C22H31Br/c1-4-5-6-7-8-9-14-22-15-10-11-19-20(23)13-12-18(21(19)22)16(2)17(22)3/h12-13H,4-11,14-15H2,1-3H3. The Morgan fingerprint density at radius 1 is 1.04 bits per heavy atom. The van der Waals surface area contributed by atoms with Crippen LogP contribution in [0.5, 0.6) is 0 Å². The molecule has 0 amide bonds. The molecule has 0 fully saturated rings. The third-order valence-electron chi connectivity index (χ3n) is 6.41. The van der Waals surface area contributed by atoms with Gasteiger partial charge in [-0.3, -0.25) is 0 Å². The molecule has 23 heavy (non-hydrogen) atoms. The molecule has 2 aliphatic rings. The number of benzene rings is 1. The van der Waals surface area contributed by atoms with Gasteiger partial charge in [-0.25, -0.2) is 0 Å². The van der Waals surface area contributed by atoms with E-state index in [0.29, 0.717) is 5.41 Å². The summed E-state index contributed by atoms with van der Waals surface area (Å²) in [6.45, 7) is 7.06. The molecule has 0 nitrogen and oxygen atoms in total. The summed E-state index contributed by atoms with van der Waals surface area (Å²) in [5.74, 6) is 0. The van der Waals surface area contributed by atoms with Gasteiger partial charge in [0.05, 0.1) is 0 Å². The van der Waals surface area contributed by atoms with Crippen molar-refractivity contribution in [2.45, 2.75) is 90.4 Å². The summed E-state index contributed by atoms with van der Waals surface area (Å²) in [5.41, 5.74) is 8.44. The van der Waals surface area contributed by atoms with Gasteiger partial charge in [-0.15, -0.1) is 0 Å². The molecule has 2 aliphatic carbocycles. The second-order valence-electron chi connectivity index (χ2n) is 7.65. The van der Waals surface area contributed by atoms with Crippen molar-refractivity contribution in [3.05, 3.63) is 38.9 Å².